The van der Waals surface area contributed by atoms with Gasteiger partial charge in [0.05, 0.1) is 11.4 Å². The van der Waals surface area contributed by atoms with Gasteiger partial charge >= 0.3 is 0 Å². The van der Waals surface area contributed by atoms with E-state index in [0.717, 1.165) is 34.1 Å². The lowest BCUT2D eigenvalue weighted by atomic mass is 10.1. The molecule has 0 aliphatic heterocycles. The van der Waals surface area contributed by atoms with Crippen molar-refractivity contribution in [1.82, 2.24) is 19.7 Å². The molecule has 35 heavy (non-hydrogen) atoms. The highest BCUT2D eigenvalue weighted by molar-refractivity contribution is 7.99. The molecule has 9 heteroatoms. The lowest BCUT2D eigenvalue weighted by molar-refractivity contribution is -0.113. The van der Waals surface area contributed by atoms with Crippen molar-refractivity contribution in [3.8, 4) is 17.0 Å². The lowest BCUT2D eigenvalue weighted by Crippen LogP contribution is -2.15. The van der Waals surface area contributed by atoms with E-state index in [1.165, 1.54) is 28.7 Å². The maximum absolute atomic E-state index is 12.6. The standard InChI is InChI=1S/C26H29N5O2S2/c1-5-19-12-14-21(15-13-19)33-17(3)24-29-30-26(31(24)6-2)34-16-22(32)27-25-28-23(18(4)35-25)20-10-8-7-9-11-20/h7-15,17H,5-6,16H2,1-4H3,(H,27,28,32)/t17-/m1/s1. The normalized spacial score (nSPS) is 11.9. The van der Waals surface area contributed by atoms with Crippen molar-refractivity contribution in [1.29, 1.82) is 0 Å². The number of carbonyl (C=O) groups is 1. The smallest absolute Gasteiger partial charge is 0.236 e. The Kier molecular flexibility index (Phi) is 8.20. The SMILES string of the molecule is CCc1ccc(O[C@H](C)c2nnc(SCC(=O)Nc3nc(-c4ccccc4)c(C)s3)n2CC)cc1. The molecule has 2 aromatic heterocycles. The minimum atomic E-state index is -0.271. The summed E-state index contributed by atoms with van der Waals surface area (Å²) in [5.41, 5.74) is 3.20. The van der Waals surface area contributed by atoms with Crippen molar-refractivity contribution < 1.29 is 9.53 Å². The Bertz CT molecular complexity index is 1270. The number of carbonyl (C=O) groups excluding carboxylic acids is 1. The van der Waals surface area contributed by atoms with Crippen molar-refractivity contribution >= 4 is 34.1 Å². The highest BCUT2D eigenvalue weighted by Gasteiger charge is 2.20. The van der Waals surface area contributed by atoms with Crippen molar-refractivity contribution in [2.24, 2.45) is 0 Å². The van der Waals surface area contributed by atoms with Crippen LogP contribution in [-0.2, 0) is 17.8 Å². The van der Waals surface area contributed by atoms with Gasteiger partial charge in [0, 0.05) is 17.0 Å². The van der Waals surface area contributed by atoms with Gasteiger partial charge in [-0.1, -0.05) is 61.2 Å². The van der Waals surface area contributed by atoms with Crippen LogP contribution in [0.4, 0.5) is 5.13 Å². The second kappa shape index (κ2) is 11.5. The predicted octanol–water partition coefficient (Wildman–Crippen LogP) is 6.16. The highest BCUT2D eigenvalue weighted by atomic mass is 32.2. The predicted molar refractivity (Wildman–Crippen MR) is 142 cm³/mol. The third-order valence-electron chi connectivity index (χ3n) is 5.49. The fourth-order valence-electron chi connectivity index (χ4n) is 3.66. The van der Waals surface area contributed by atoms with Crippen LogP contribution in [-0.4, -0.2) is 31.4 Å². The van der Waals surface area contributed by atoms with Gasteiger partial charge < -0.3 is 14.6 Å². The van der Waals surface area contributed by atoms with Crippen molar-refractivity contribution in [3.05, 3.63) is 70.9 Å². The first-order valence-corrected chi connectivity index (χ1v) is 13.4. The molecule has 1 N–H and O–H groups in total. The topological polar surface area (TPSA) is 81.9 Å². The third kappa shape index (κ3) is 6.10. The van der Waals surface area contributed by atoms with Gasteiger partial charge in [0.15, 0.2) is 22.2 Å². The van der Waals surface area contributed by atoms with E-state index in [2.05, 4.69) is 39.6 Å². The summed E-state index contributed by atoms with van der Waals surface area (Å²) < 4.78 is 8.08. The lowest BCUT2D eigenvalue weighted by Gasteiger charge is -2.15. The minimum absolute atomic E-state index is 0.129. The number of rotatable bonds is 10. The number of hydrogen-bond donors (Lipinski definition) is 1. The average Bonchev–Trinajstić information content (AvgIpc) is 3.46. The molecule has 0 saturated heterocycles. The molecule has 0 radical (unpaired) electrons. The maximum atomic E-state index is 12.6. The first-order chi connectivity index (χ1) is 17.0. The van der Waals surface area contributed by atoms with E-state index in [1.54, 1.807) is 0 Å². The van der Waals surface area contributed by atoms with Gasteiger partial charge in [-0.15, -0.1) is 21.5 Å². The molecule has 2 aromatic carbocycles. The Morgan fingerprint density at radius 2 is 1.86 bits per heavy atom. The number of aromatic nitrogens is 4. The summed E-state index contributed by atoms with van der Waals surface area (Å²) in [5, 5.41) is 12.9. The van der Waals surface area contributed by atoms with E-state index in [-0.39, 0.29) is 17.8 Å². The molecule has 0 saturated carbocycles. The monoisotopic (exact) mass is 507 g/mol. The number of thiazole rings is 1. The number of anilines is 1. The van der Waals surface area contributed by atoms with Crippen LogP contribution in [0.3, 0.4) is 0 Å². The number of ether oxygens (including phenoxy) is 1. The number of nitrogens with one attached hydrogen (secondary N) is 1. The zero-order chi connectivity index (χ0) is 24.8. The van der Waals surface area contributed by atoms with Crippen LogP contribution in [0.1, 0.15) is 43.1 Å². The van der Waals surface area contributed by atoms with Gasteiger partial charge in [-0.2, -0.15) is 0 Å². The van der Waals surface area contributed by atoms with E-state index < -0.39 is 0 Å². The van der Waals surface area contributed by atoms with Crippen molar-refractivity contribution in [3.63, 3.8) is 0 Å². The molecule has 0 aliphatic carbocycles. The Balaban J connectivity index is 1.37. The number of benzene rings is 2. The van der Waals surface area contributed by atoms with Crippen LogP contribution in [0.15, 0.2) is 59.8 Å². The first-order valence-electron chi connectivity index (χ1n) is 11.6. The molecule has 1 atom stereocenters. The van der Waals surface area contributed by atoms with Gasteiger partial charge in [0.25, 0.3) is 0 Å². The second-order valence-corrected chi connectivity index (χ2v) is 10.1. The summed E-state index contributed by atoms with van der Waals surface area (Å²) in [6, 6.07) is 18.1. The van der Waals surface area contributed by atoms with Crippen molar-refractivity contribution in [2.45, 2.75) is 51.9 Å². The van der Waals surface area contributed by atoms with Crippen molar-refractivity contribution in [2.75, 3.05) is 11.1 Å². The number of amides is 1. The second-order valence-electron chi connectivity index (χ2n) is 7.97. The Hall–Kier alpha value is -3.17. The van der Waals surface area contributed by atoms with E-state index in [1.807, 2.05) is 67.8 Å². The zero-order valence-corrected chi connectivity index (χ0v) is 21.9. The number of nitrogens with zero attached hydrogens (tertiary/aromatic N) is 4. The maximum Gasteiger partial charge on any atom is 0.236 e. The van der Waals surface area contributed by atoms with Gasteiger partial charge in [-0.25, -0.2) is 4.98 Å². The highest BCUT2D eigenvalue weighted by Crippen LogP contribution is 2.30. The van der Waals surface area contributed by atoms with Gasteiger partial charge in [0.1, 0.15) is 5.75 Å². The molecule has 2 heterocycles. The van der Waals surface area contributed by atoms with Crippen LogP contribution in [0, 0.1) is 6.92 Å². The largest absolute Gasteiger partial charge is 0.483 e. The molecule has 7 nitrogen and oxygen atoms in total. The fraction of sp³-hybridized carbons (Fsp3) is 0.308. The molecule has 0 unspecified atom stereocenters. The average molecular weight is 508 g/mol. The summed E-state index contributed by atoms with van der Waals surface area (Å²) >= 11 is 2.83. The van der Waals surface area contributed by atoms with Gasteiger partial charge in [-0.3, -0.25) is 4.79 Å². The molecule has 0 bridgehead atoms. The third-order valence-corrected chi connectivity index (χ3v) is 7.35. The quantitative estimate of drug-likeness (QED) is 0.259. The van der Waals surface area contributed by atoms with Crippen LogP contribution >= 0.6 is 23.1 Å². The summed E-state index contributed by atoms with van der Waals surface area (Å²) in [6.07, 6.45) is 0.720. The zero-order valence-electron chi connectivity index (χ0n) is 20.3. The minimum Gasteiger partial charge on any atom is -0.483 e. The summed E-state index contributed by atoms with van der Waals surface area (Å²) in [4.78, 5) is 18.3. The molecule has 0 aliphatic rings. The first kappa shape index (κ1) is 24.9. The van der Waals surface area contributed by atoms with E-state index in [0.29, 0.717) is 16.8 Å². The Labute approximate surface area is 214 Å². The number of aryl methyl sites for hydroxylation is 2. The summed E-state index contributed by atoms with van der Waals surface area (Å²) in [6.45, 7) is 8.81. The number of hydrogen-bond acceptors (Lipinski definition) is 7. The molecule has 1 amide bonds. The van der Waals surface area contributed by atoms with Crippen LogP contribution < -0.4 is 10.1 Å². The molecule has 0 spiro atoms. The molecule has 4 rings (SSSR count). The summed E-state index contributed by atoms with van der Waals surface area (Å²) in [7, 11) is 0. The van der Waals surface area contributed by atoms with Crippen LogP contribution in [0.5, 0.6) is 5.75 Å². The van der Waals surface area contributed by atoms with Crippen LogP contribution in [0.2, 0.25) is 0 Å². The van der Waals surface area contributed by atoms with E-state index >= 15 is 0 Å². The Morgan fingerprint density at radius 3 is 2.54 bits per heavy atom. The Morgan fingerprint density at radius 1 is 1.11 bits per heavy atom. The summed E-state index contributed by atoms with van der Waals surface area (Å²) in [5.74, 6) is 1.61. The van der Waals surface area contributed by atoms with E-state index in [4.69, 9.17) is 4.74 Å². The van der Waals surface area contributed by atoms with E-state index in [9.17, 15) is 4.79 Å². The molecule has 182 valence electrons. The molecule has 4 aromatic rings. The van der Waals surface area contributed by atoms with Gasteiger partial charge in [0.2, 0.25) is 5.91 Å². The number of thioether (sulfide) groups is 1. The molecular formula is C26H29N5O2S2. The fourth-order valence-corrected chi connectivity index (χ4v) is 5.33. The molecule has 0 fully saturated rings. The van der Waals surface area contributed by atoms with Gasteiger partial charge in [-0.05, 0) is 44.9 Å². The van der Waals surface area contributed by atoms with Crippen LogP contribution in [0.25, 0.3) is 11.3 Å². The molecular weight excluding hydrogens is 478 g/mol.